The molecule has 0 radical (unpaired) electrons. The molecule has 2 atom stereocenters. The minimum absolute atomic E-state index is 0.0874. The molecule has 8 heteroatoms. The van der Waals surface area contributed by atoms with Gasteiger partial charge in [0.05, 0.1) is 17.8 Å². The average molecular weight is 304 g/mol. The Kier molecular flexibility index (Phi) is 4.74. The molecule has 1 heterocycles. The number of anilines is 1. The van der Waals surface area contributed by atoms with Gasteiger partial charge in [-0.3, -0.25) is 9.48 Å². The van der Waals surface area contributed by atoms with Crippen molar-refractivity contribution in [3.8, 4) is 0 Å². The van der Waals surface area contributed by atoms with Crippen molar-refractivity contribution in [1.29, 1.82) is 0 Å². The highest BCUT2D eigenvalue weighted by molar-refractivity contribution is 5.75. The van der Waals surface area contributed by atoms with Crippen LogP contribution < -0.4 is 10.6 Å². The summed E-state index contributed by atoms with van der Waals surface area (Å²) in [5.41, 5.74) is 0.645. The Bertz CT molecular complexity index is 486. The van der Waals surface area contributed by atoms with Crippen LogP contribution in [0.3, 0.4) is 0 Å². The molecular formula is C13H19F3N4O. The smallest absolute Gasteiger partial charge is 0.380 e. The van der Waals surface area contributed by atoms with Crippen LogP contribution in [0.5, 0.6) is 0 Å². The number of alkyl halides is 3. The first-order chi connectivity index (χ1) is 9.88. The lowest BCUT2D eigenvalue weighted by Crippen LogP contribution is -2.34. The second-order valence-corrected chi connectivity index (χ2v) is 5.35. The maximum absolute atomic E-state index is 12.8. The Morgan fingerprint density at radius 2 is 2.24 bits per heavy atom. The molecule has 1 saturated carbocycles. The topological polar surface area (TPSA) is 59.0 Å². The first kappa shape index (κ1) is 15.7. The van der Waals surface area contributed by atoms with Crippen LogP contribution in [-0.4, -0.2) is 35.0 Å². The van der Waals surface area contributed by atoms with E-state index in [2.05, 4.69) is 15.7 Å². The first-order valence-electron chi connectivity index (χ1n) is 6.94. The summed E-state index contributed by atoms with van der Waals surface area (Å²) in [6, 6.07) is -0.206. The van der Waals surface area contributed by atoms with Gasteiger partial charge in [0.1, 0.15) is 6.54 Å². The predicted molar refractivity (Wildman–Crippen MR) is 71.7 cm³/mol. The molecule has 5 nitrogen and oxygen atoms in total. The van der Waals surface area contributed by atoms with Crippen LogP contribution in [0.15, 0.2) is 12.4 Å². The highest BCUT2D eigenvalue weighted by Gasteiger charge is 2.42. The second-order valence-electron chi connectivity index (χ2n) is 5.35. The lowest BCUT2D eigenvalue weighted by molar-refractivity contribution is -0.182. The fraction of sp³-hybridized carbons (Fsp3) is 0.692. The monoisotopic (exact) mass is 304 g/mol. The lowest BCUT2D eigenvalue weighted by Gasteiger charge is -2.31. The van der Waals surface area contributed by atoms with Gasteiger partial charge in [-0.05, 0) is 19.3 Å². The third-order valence-electron chi connectivity index (χ3n) is 3.73. The van der Waals surface area contributed by atoms with Crippen LogP contribution in [0.2, 0.25) is 0 Å². The normalized spacial score (nSPS) is 22.9. The van der Waals surface area contributed by atoms with Crippen molar-refractivity contribution < 1.29 is 18.0 Å². The van der Waals surface area contributed by atoms with E-state index in [1.54, 1.807) is 6.20 Å². The van der Waals surface area contributed by atoms with Crippen LogP contribution >= 0.6 is 0 Å². The summed E-state index contributed by atoms with van der Waals surface area (Å²) < 4.78 is 39.7. The number of nitrogens with zero attached hydrogens (tertiary/aromatic N) is 2. The number of halogens is 3. The molecule has 0 spiro atoms. The van der Waals surface area contributed by atoms with Gasteiger partial charge < -0.3 is 10.6 Å². The Balaban J connectivity index is 1.91. The van der Waals surface area contributed by atoms with Gasteiger partial charge in [-0.1, -0.05) is 6.42 Å². The maximum atomic E-state index is 12.8. The van der Waals surface area contributed by atoms with Crippen LogP contribution in [-0.2, 0) is 11.3 Å². The Labute approximate surface area is 120 Å². The zero-order valence-corrected chi connectivity index (χ0v) is 11.8. The minimum Gasteiger partial charge on any atom is -0.380 e. The summed E-state index contributed by atoms with van der Waals surface area (Å²) in [5, 5.41) is 9.57. The molecule has 0 aromatic carbocycles. The molecule has 1 aromatic heterocycles. The fourth-order valence-electron chi connectivity index (χ4n) is 2.60. The van der Waals surface area contributed by atoms with Gasteiger partial charge in [-0.25, -0.2) is 0 Å². The molecule has 2 unspecified atom stereocenters. The van der Waals surface area contributed by atoms with E-state index >= 15 is 0 Å². The average Bonchev–Trinajstić information content (AvgIpc) is 2.85. The van der Waals surface area contributed by atoms with Crippen LogP contribution in [0.25, 0.3) is 0 Å². The molecule has 21 heavy (non-hydrogen) atoms. The van der Waals surface area contributed by atoms with Crippen molar-refractivity contribution >= 4 is 11.6 Å². The molecule has 1 aromatic rings. The summed E-state index contributed by atoms with van der Waals surface area (Å²) in [4.78, 5) is 11.2. The van der Waals surface area contributed by atoms with Crippen molar-refractivity contribution in [1.82, 2.24) is 15.1 Å². The molecule has 0 bridgehead atoms. The standard InChI is InChI=1S/C13H19F3N4O/c1-17-12(21)8-20-7-11(6-18-20)19-10-4-2-3-9(5-10)13(14,15)16/h6-7,9-10,19H,2-5,8H2,1H3,(H,17,21). The Morgan fingerprint density at radius 3 is 2.90 bits per heavy atom. The third kappa shape index (κ3) is 4.37. The minimum atomic E-state index is -4.12. The number of aromatic nitrogens is 2. The highest BCUT2D eigenvalue weighted by atomic mass is 19.4. The fourth-order valence-corrected chi connectivity index (χ4v) is 2.60. The highest BCUT2D eigenvalue weighted by Crippen LogP contribution is 2.38. The van der Waals surface area contributed by atoms with E-state index in [1.165, 1.54) is 17.9 Å². The lowest BCUT2D eigenvalue weighted by atomic mass is 9.85. The number of carbonyl (C=O) groups is 1. The molecule has 1 aliphatic rings. The van der Waals surface area contributed by atoms with Crippen molar-refractivity contribution in [3.05, 3.63) is 12.4 Å². The van der Waals surface area contributed by atoms with Crippen LogP contribution in [0.4, 0.5) is 18.9 Å². The summed E-state index contributed by atoms with van der Waals surface area (Å²) in [6.45, 7) is 0.0913. The molecule has 0 saturated heterocycles. The number of hydrogen-bond donors (Lipinski definition) is 2. The van der Waals surface area contributed by atoms with Gasteiger partial charge in [0.2, 0.25) is 5.91 Å². The van der Waals surface area contributed by atoms with E-state index in [0.717, 1.165) is 0 Å². The zero-order chi connectivity index (χ0) is 15.5. The van der Waals surface area contributed by atoms with E-state index in [-0.39, 0.29) is 31.3 Å². The SMILES string of the molecule is CNC(=O)Cn1cc(NC2CCCC(C(F)(F)F)C2)cn1. The Morgan fingerprint density at radius 1 is 1.48 bits per heavy atom. The number of rotatable bonds is 4. The van der Waals surface area contributed by atoms with Crippen molar-refractivity contribution in [2.45, 2.75) is 44.4 Å². The largest absolute Gasteiger partial charge is 0.391 e. The van der Waals surface area contributed by atoms with E-state index in [1.807, 2.05) is 0 Å². The van der Waals surface area contributed by atoms with Crippen LogP contribution in [0.1, 0.15) is 25.7 Å². The van der Waals surface area contributed by atoms with E-state index < -0.39 is 12.1 Å². The van der Waals surface area contributed by atoms with E-state index in [4.69, 9.17) is 0 Å². The van der Waals surface area contributed by atoms with E-state index in [9.17, 15) is 18.0 Å². The van der Waals surface area contributed by atoms with Crippen molar-refractivity contribution in [3.63, 3.8) is 0 Å². The third-order valence-corrected chi connectivity index (χ3v) is 3.73. The van der Waals surface area contributed by atoms with E-state index in [0.29, 0.717) is 18.5 Å². The molecule has 2 N–H and O–H groups in total. The van der Waals surface area contributed by atoms with Crippen LogP contribution in [0, 0.1) is 5.92 Å². The predicted octanol–water partition coefficient (Wildman–Crippen LogP) is 2.16. The number of hydrogen-bond acceptors (Lipinski definition) is 3. The summed E-state index contributed by atoms with van der Waals surface area (Å²) in [7, 11) is 1.53. The number of nitrogens with one attached hydrogen (secondary N) is 2. The van der Waals surface area contributed by atoms with Gasteiger partial charge in [0.25, 0.3) is 0 Å². The molecule has 1 aliphatic carbocycles. The van der Waals surface area contributed by atoms with Crippen molar-refractivity contribution in [2.24, 2.45) is 5.92 Å². The van der Waals surface area contributed by atoms with Crippen molar-refractivity contribution in [2.75, 3.05) is 12.4 Å². The molecule has 1 fully saturated rings. The zero-order valence-electron chi connectivity index (χ0n) is 11.8. The molecular weight excluding hydrogens is 285 g/mol. The summed E-state index contributed by atoms with van der Waals surface area (Å²) in [5.74, 6) is -1.41. The van der Waals surface area contributed by atoms with Gasteiger partial charge in [0.15, 0.2) is 0 Å². The van der Waals surface area contributed by atoms with Gasteiger partial charge in [-0.2, -0.15) is 18.3 Å². The van der Waals surface area contributed by atoms with Gasteiger partial charge in [0, 0.05) is 19.3 Å². The Hall–Kier alpha value is -1.73. The summed E-state index contributed by atoms with van der Waals surface area (Å²) in [6.07, 6.45) is 0.611. The number of amides is 1. The molecule has 2 rings (SSSR count). The van der Waals surface area contributed by atoms with Gasteiger partial charge >= 0.3 is 6.18 Å². The molecule has 118 valence electrons. The number of likely N-dealkylation sites (N-methyl/N-ethyl adjacent to an activating group) is 1. The second kappa shape index (κ2) is 6.36. The number of carbonyl (C=O) groups excluding carboxylic acids is 1. The summed E-state index contributed by atoms with van der Waals surface area (Å²) >= 11 is 0. The molecule has 0 aliphatic heterocycles. The van der Waals surface area contributed by atoms with Gasteiger partial charge in [-0.15, -0.1) is 0 Å². The first-order valence-corrected chi connectivity index (χ1v) is 6.94. The quantitative estimate of drug-likeness (QED) is 0.896. The maximum Gasteiger partial charge on any atom is 0.391 e. The molecule has 1 amide bonds.